The van der Waals surface area contributed by atoms with Crippen molar-refractivity contribution in [2.45, 2.75) is 6.92 Å². The molecule has 0 aliphatic rings. The van der Waals surface area contributed by atoms with Crippen LogP contribution in [0.25, 0.3) is 0 Å². The first-order valence-corrected chi connectivity index (χ1v) is 3.95. The number of hydrogen-bond acceptors (Lipinski definition) is 4. The fourth-order valence-corrected chi connectivity index (χ4v) is 0.828. The van der Waals surface area contributed by atoms with E-state index in [0.29, 0.717) is 6.61 Å². The lowest BCUT2D eigenvalue weighted by atomic mass is 10.7. The number of carbonyl (C=O) groups is 1. The fraction of sp³-hybridized carbons (Fsp3) is 0.500. The Morgan fingerprint density at radius 1 is 1.90 bits per heavy atom. The lowest BCUT2D eigenvalue weighted by molar-refractivity contribution is -0.134. The second kappa shape index (κ2) is 5.62. The molecule has 0 amide bonds. The summed E-state index contributed by atoms with van der Waals surface area (Å²) in [5.41, 5.74) is 0. The van der Waals surface area contributed by atoms with Gasteiger partial charge in [-0.15, -0.1) is 0 Å². The molecule has 4 nitrogen and oxygen atoms in total. The molecule has 1 unspecified atom stereocenters. The van der Waals surface area contributed by atoms with E-state index in [2.05, 4.69) is 40.4 Å². The predicted octanol–water partition coefficient (Wildman–Crippen LogP) is 0.638. The van der Waals surface area contributed by atoms with Gasteiger partial charge in [-0.25, -0.2) is 4.79 Å². The van der Waals surface area contributed by atoms with Gasteiger partial charge in [-0.1, -0.05) is 0 Å². The summed E-state index contributed by atoms with van der Waals surface area (Å²) >= 11 is 2.90. The Labute approximate surface area is 69.8 Å². The first-order valence-electron chi connectivity index (χ1n) is 2.58. The van der Waals surface area contributed by atoms with Crippen LogP contribution in [-0.4, -0.2) is 17.2 Å². The van der Waals surface area contributed by atoms with E-state index in [1.165, 1.54) is 0 Å². The Bertz CT molecular complexity index is 150. The third kappa shape index (κ3) is 3.80. The Morgan fingerprint density at radius 3 is 2.90 bits per heavy atom. The van der Waals surface area contributed by atoms with Crippen LogP contribution in [0, 0.1) is 0 Å². The molecule has 0 aromatic heterocycles. The predicted molar refractivity (Wildman–Crippen MR) is 45.8 cm³/mol. The van der Waals surface area contributed by atoms with Gasteiger partial charge in [-0.3, -0.25) is 5.20 Å². The molecule has 0 aromatic carbocycles. The number of halogens is 1. The van der Waals surface area contributed by atoms with Crippen molar-refractivity contribution >= 4 is 35.9 Å². The molecule has 0 bridgehead atoms. The van der Waals surface area contributed by atoms with Gasteiger partial charge < -0.3 is 4.74 Å². The summed E-state index contributed by atoms with van der Waals surface area (Å²) in [6.45, 7) is 2.08. The van der Waals surface area contributed by atoms with Crippen LogP contribution >= 0.6 is 25.3 Å². The zero-order valence-corrected chi connectivity index (χ0v) is 8.17. The quantitative estimate of drug-likeness (QED) is 0.333. The van der Waals surface area contributed by atoms with Crippen molar-refractivity contribution in [2.75, 3.05) is 6.61 Å². The summed E-state index contributed by atoms with van der Waals surface area (Å²) in [7, 11) is 2.13. The van der Waals surface area contributed by atoms with Crippen LogP contribution in [0.4, 0.5) is 0 Å². The molecule has 0 fully saturated rings. The summed E-state index contributed by atoms with van der Waals surface area (Å²) in [6, 6.07) is 0. The topological polar surface area (TPSA) is 50.7 Å². The average Bonchev–Trinajstić information content (AvgIpc) is 1.89. The van der Waals surface area contributed by atoms with Crippen LogP contribution in [0.2, 0.25) is 0 Å². The van der Waals surface area contributed by atoms with Crippen molar-refractivity contribution in [2.24, 2.45) is 5.10 Å². The first kappa shape index (κ1) is 9.85. The minimum atomic E-state index is -0.475. The Kier molecular flexibility index (Phi) is 5.54. The van der Waals surface area contributed by atoms with E-state index in [1.54, 1.807) is 6.92 Å². The van der Waals surface area contributed by atoms with Crippen molar-refractivity contribution in [1.82, 2.24) is 5.20 Å². The van der Waals surface area contributed by atoms with Crippen molar-refractivity contribution < 1.29 is 9.53 Å². The molecule has 10 heavy (non-hydrogen) atoms. The number of esters is 1. The SMILES string of the molecule is CCOC(=O)/C(Br)=N/NP. The van der Waals surface area contributed by atoms with Gasteiger partial charge in [-0.05, 0) is 32.2 Å². The normalized spacial score (nSPS) is 10.9. The molecule has 0 rings (SSSR count). The first-order chi connectivity index (χ1) is 4.72. The number of carbonyl (C=O) groups excluding carboxylic acids is 1. The smallest absolute Gasteiger partial charge is 0.366 e. The lowest BCUT2D eigenvalue weighted by Crippen LogP contribution is -2.12. The molecular formula is C4H8BrN2O2P. The molecule has 6 heteroatoms. The number of ether oxygens (including phenoxy) is 1. The van der Waals surface area contributed by atoms with Gasteiger partial charge in [0.1, 0.15) is 0 Å². The molecule has 1 atom stereocenters. The minimum Gasteiger partial charge on any atom is -0.461 e. The second-order valence-electron chi connectivity index (χ2n) is 1.25. The van der Waals surface area contributed by atoms with Crippen molar-refractivity contribution in [3.05, 3.63) is 0 Å². The largest absolute Gasteiger partial charge is 0.461 e. The average molecular weight is 227 g/mol. The number of hydrogen-bond donors (Lipinski definition) is 1. The zero-order chi connectivity index (χ0) is 7.98. The van der Waals surface area contributed by atoms with Crippen LogP contribution in [0.1, 0.15) is 6.92 Å². The molecule has 0 saturated carbocycles. The number of nitrogens with zero attached hydrogens (tertiary/aromatic N) is 1. The molecule has 1 N–H and O–H groups in total. The molecule has 0 spiro atoms. The summed E-state index contributed by atoms with van der Waals surface area (Å²) in [4.78, 5) is 10.7. The lowest BCUT2D eigenvalue weighted by Gasteiger charge is -1.97. The number of rotatable bonds is 3. The highest BCUT2D eigenvalue weighted by Crippen LogP contribution is 1.92. The van der Waals surface area contributed by atoms with Gasteiger partial charge in [0, 0.05) is 0 Å². The molecule has 58 valence electrons. The number of hydrazone groups is 1. The van der Waals surface area contributed by atoms with Crippen LogP contribution in [0.3, 0.4) is 0 Å². The molecule has 0 heterocycles. The third-order valence-corrected chi connectivity index (χ3v) is 1.24. The molecule has 0 aromatic rings. The van der Waals surface area contributed by atoms with E-state index in [9.17, 15) is 4.79 Å². The summed E-state index contributed by atoms with van der Waals surface area (Å²) < 4.78 is 4.72. The standard InChI is InChI=1S/C4H8BrN2O2P/c1-2-9-4(8)3(5)6-7-10/h7H,2,10H2,1H3/b6-3-. The highest BCUT2D eigenvalue weighted by molar-refractivity contribution is 9.19. The van der Waals surface area contributed by atoms with Crippen molar-refractivity contribution in [3.8, 4) is 0 Å². The van der Waals surface area contributed by atoms with E-state index >= 15 is 0 Å². The van der Waals surface area contributed by atoms with E-state index in [1.807, 2.05) is 0 Å². The Hall–Kier alpha value is -0.150. The number of nitrogens with one attached hydrogen (secondary N) is 1. The fourth-order valence-electron chi connectivity index (χ4n) is 0.293. The van der Waals surface area contributed by atoms with Gasteiger partial charge >= 0.3 is 5.97 Å². The monoisotopic (exact) mass is 226 g/mol. The van der Waals surface area contributed by atoms with Gasteiger partial charge in [0.15, 0.2) is 0 Å². The van der Waals surface area contributed by atoms with Crippen LogP contribution in [0.15, 0.2) is 5.10 Å². The van der Waals surface area contributed by atoms with Crippen LogP contribution < -0.4 is 5.20 Å². The second-order valence-corrected chi connectivity index (χ2v) is 2.26. The maximum atomic E-state index is 10.7. The highest BCUT2D eigenvalue weighted by atomic mass is 79.9. The maximum absolute atomic E-state index is 10.7. The third-order valence-electron chi connectivity index (χ3n) is 0.607. The van der Waals surface area contributed by atoms with E-state index < -0.39 is 5.97 Å². The van der Waals surface area contributed by atoms with E-state index in [-0.39, 0.29) is 4.62 Å². The zero-order valence-electron chi connectivity index (χ0n) is 5.43. The highest BCUT2D eigenvalue weighted by Gasteiger charge is 2.06. The van der Waals surface area contributed by atoms with Crippen LogP contribution in [0.5, 0.6) is 0 Å². The Morgan fingerprint density at radius 2 is 2.50 bits per heavy atom. The Balaban J connectivity index is 3.82. The van der Waals surface area contributed by atoms with Gasteiger partial charge in [-0.2, -0.15) is 5.10 Å². The molecule has 0 saturated heterocycles. The van der Waals surface area contributed by atoms with Crippen molar-refractivity contribution in [1.29, 1.82) is 0 Å². The maximum Gasteiger partial charge on any atom is 0.366 e. The minimum absolute atomic E-state index is 0.129. The van der Waals surface area contributed by atoms with Gasteiger partial charge in [0.25, 0.3) is 0 Å². The summed E-state index contributed by atoms with van der Waals surface area (Å²) in [5.74, 6) is -0.475. The summed E-state index contributed by atoms with van der Waals surface area (Å²) in [6.07, 6.45) is 0. The molecular weight excluding hydrogens is 219 g/mol. The van der Waals surface area contributed by atoms with E-state index in [4.69, 9.17) is 0 Å². The molecule has 0 aliphatic heterocycles. The van der Waals surface area contributed by atoms with Gasteiger partial charge in [0.2, 0.25) is 4.62 Å². The summed E-state index contributed by atoms with van der Waals surface area (Å²) in [5, 5.41) is 5.88. The molecule has 0 aliphatic carbocycles. The van der Waals surface area contributed by atoms with Crippen molar-refractivity contribution in [3.63, 3.8) is 0 Å². The van der Waals surface area contributed by atoms with E-state index in [0.717, 1.165) is 0 Å². The van der Waals surface area contributed by atoms with Crippen LogP contribution in [-0.2, 0) is 9.53 Å². The molecule has 0 radical (unpaired) electrons. The van der Waals surface area contributed by atoms with Gasteiger partial charge in [0.05, 0.1) is 6.61 Å².